The summed E-state index contributed by atoms with van der Waals surface area (Å²) in [6, 6.07) is 3.84. The zero-order chi connectivity index (χ0) is 16.6. The molecule has 2 aromatic heterocycles. The van der Waals surface area contributed by atoms with E-state index in [4.69, 9.17) is 4.74 Å². The number of nitrogens with zero attached hydrogens (tertiary/aromatic N) is 3. The molecule has 2 aromatic rings. The summed E-state index contributed by atoms with van der Waals surface area (Å²) in [6.45, 7) is 1.26. The average Bonchev–Trinajstić information content (AvgIpc) is 3.28. The smallest absolute Gasteiger partial charge is 0.220 e. The number of ether oxygens (including phenoxy) is 1. The molecule has 128 valence electrons. The number of hydrogen-bond acceptors (Lipinski definition) is 4. The molecule has 1 N–H and O–H groups in total. The van der Waals surface area contributed by atoms with Crippen LogP contribution in [-0.2, 0) is 17.9 Å². The van der Waals surface area contributed by atoms with Crippen molar-refractivity contribution >= 4 is 5.91 Å². The van der Waals surface area contributed by atoms with Crippen LogP contribution in [-0.4, -0.2) is 26.5 Å². The van der Waals surface area contributed by atoms with Crippen molar-refractivity contribution in [1.29, 1.82) is 0 Å². The normalized spacial score (nSPS) is 14.7. The van der Waals surface area contributed by atoms with Crippen molar-refractivity contribution in [2.45, 2.75) is 57.7 Å². The van der Waals surface area contributed by atoms with Crippen LogP contribution in [0.25, 0.3) is 0 Å². The van der Waals surface area contributed by atoms with Crippen molar-refractivity contribution in [3.63, 3.8) is 0 Å². The molecule has 0 radical (unpaired) electrons. The molecule has 0 atom stereocenters. The summed E-state index contributed by atoms with van der Waals surface area (Å²) in [5.74, 6) is 0.703. The van der Waals surface area contributed by atoms with Crippen molar-refractivity contribution in [2.75, 3.05) is 0 Å². The highest BCUT2D eigenvalue weighted by molar-refractivity contribution is 5.75. The van der Waals surface area contributed by atoms with Crippen LogP contribution in [0.5, 0.6) is 5.88 Å². The van der Waals surface area contributed by atoms with Gasteiger partial charge in [0.15, 0.2) is 0 Å². The summed E-state index contributed by atoms with van der Waals surface area (Å²) in [5, 5.41) is 2.96. The minimum absolute atomic E-state index is 0.0470. The van der Waals surface area contributed by atoms with Gasteiger partial charge in [0.2, 0.25) is 11.8 Å². The average molecular weight is 328 g/mol. The number of aromatic nitrogens is 3. The summed E-state index contributed by atoms with van der Waals surface area (Å²) < 4.78 is 7.97. The Hall–Kier alpha value is -2.37. The Morgan fingerprint density at radius 3 is 3.00 bits per heavy atom. The first-order chi connectivity index (χ1) is 11.8. The molecule has 0 bridgehead atoms. The van der Waals surface area contributed by atoms with Crippen LogP contribution in [0.4, 0.5) is 0 Å². The predicted molar refractivity (Wildman–Crippen MR) is 90.4 cm³/mol. The van der Waals surface area contributed by atoms with Crippen molar-refractivity contribution in [3.8, 4) is 5.88 Å². The zero-order valence-corrected chi connectivity index (χ0v) is 13.9. The number of pyridine rings is 1. The highest BCUT2D eigenvalue weighted by Crippen LogP contribution is 2.24. The molecule has 1 aliphatic carbocycles. The van der Waals surface area contributed by atoms with Crippen LogP contribution in [0, 0.1) is 0 Å². The number of rotatable bonds is 8. The molecule has 0 aromatic carbocycles. The molecule has 0 aliphatic heterocycles. The standard InChI is InChI=1S/C18H24N4O2/c23-17(8-4-11-22-12-10-19-14-22)21-13-15-5-3-9-20-18(15)24-16-6-1-2-7-16/h3,5,9-10,12,14,16H,1-2,4,6-8,11,13H2,(H,21,23). The lowest BCUT2D eigenvalue weighted by atomic mass is 10.2. The Morgan fingerprint density at radius 2 is 2.21 bits per heavy atom. The summed E-state index contributed by atoms with van der Waals surface area (Å²) in [6.07, 6.45) is 13.3. The molecule has 1 aliphatic rings. The van der Waals surface area contributed by atoms with Gasteiger partial charge in [0, 0.05) is 43.7 Å². The molecule has 24 heavy (non-hydrogen) atoms. The monoisotopic (exact) mass is 328 g/mol. The first-order valence-corrected chi connectivity index (χ1v) is 8.64. The second-order valence-corrected chi connectivity index (χ2v) is 6.17. The van der Waals surface area contributed by atoms with Crippen LogP contribution in [0.15, 0.2) is 37.1 Å². The molecule has 0 unspecified atom stereocenters. The molecule has 2 heterocycles. The largest absolute Gasteiger partial charge is 0.474 e. The minimum Gasteiger partial charge on any atom is -0.474 e. The van der Waals surface area contributed by atoms with Gasteiger partial charge in [0.05, 0.1) is 6.33 Å². The van der Waals surface area contributed by atoms with E-state index in [-0.39, 0.29) is 12.0 Å². The Bertz CT molecular complexity index is 636. The minimum atomic E-state index is 0.0470. The Labute approximate surface area is 142 Å². The first-order valence-electron chi connectivity index (χ1n) is 8.64. The number of nitrogens with one attached hydrogen (secondary N) is 1. The predicted octanol–water partition coefficient (Wildman–Crippen LogP) is 2.70. The third-order valence-electron chi connectivity index (χ3n) is 4.29. The van der Waals surface area contributed by atoms with Gasteiger partial charge in [0.25, 0.3) is 0 Å². The second-order valence-electron chi connectivity index (χ2n) is 6.17. The topological polar surface area (TPSA) is 69.0 Å². The van der Waals surface area contributed by atoms with E-state index in [1.807, 2.05) is 22.9 Å². The highest BCUT2D eigenvalue weighted by Gasteiger charge is 2.18. The van der Waals surface area contributed by atoms with Gasteiger partial charge in [0.1, 0.15) is 6.10 Å². The van der Waals surface area contributed by atoms with Gasteiger partial charge < -0.3 is 14.6 Å². The Kier molecular flexibility index (Phi) is 5.82. The van der Waals surface area contributed by atoms with Crippen molar-refractivity contribution in [3.05, 3.63) is 42.6 Å². The second kappa shape index (κ2) is 8.47. The van der Waals surface area contributed by atoms with E-state index >= 15 is 0 Å². The molecule has 1 fully saturated rings. The first kappa shape index (κ1) is 16.5. The molecule has 6 nitrogen and oxygen atoms in total. The molecule has 0 spiro atoms. The highest BCUT2D eigenvalue weighted by atomic mass is 16.5. The molecule has 0 saturated heterocycles. The van der Waals surface area contributed by atoms with Gasteiger partial charge in [-0.3, -0.25) is 4.79 Å². The van der Waals surface area contributed by atoms with Crippen LogP contribution >= 0.6 is 0 Å². The van der Waals surface area contributed by atoms with E-state index in [1.54, 1.807) is 18.7 Å². The van der Waals surface area contributed by atoms with Crippen LogP contribution in [0.2, 0.25) is 0 Å². The number of aryl methyl sites for hydroxylation is 1. The fraction of sp³-hybridized carbons (Fsp3) is 0.500. The summed E-state index contributed by atoms with van der Waals surface area (Å²) in [5.41, 5.74) is 0.937. The maximum atomic E-state index is 12.0. The van der Waals surface area contributed by atoms with E-state index < -0.39 is 0 Å². The third kappa shape index (κ3) is 4.81. The van der Waals surface area contributed by atoms with Gasteiger partial charge in [-0.2, -0.15) is 0 Å². The van der Waals surface area contributed by atoms with E-state index in [2.05, 4.69) is 15.3 Å². The van der Waals surface area contributed by atoms with E-state index in [9.17, 15) is 4.79 Å². The molecular weight excluding hydrogens is 304 g/mol. The lowest BCUT2D eigenvalue weighted by Crippen LogP contribution is -2.24. The van der Waals surface area contributed by atoms with Gasteiger partial charge in [-0.05, 0) is 38.2 Å². The van der Waals surface area contributed by atoms with Crippen molar-refractivity contribution in [2.24, 2.45) is 0 Å². The van der Waals surface area contributed by atoms with Crippen molar-refractivity contribution < 1.29 is 9.53 Å². The van der Waals surface area contributed by atoms with E-state index in [0.717, 1.165) is 31.4 Å². The molecule has 6 heteroatoms. The molecular formula is C18H24N4O2. The van der Waals surface area contributed by atoms with Crippen LogP contribution in [0.3, 0.4) is 0 Å². The lowest BCUT2D eigenvalue weighted by molar-refractivity contribution is -0.121. The lowest BCUT2D eigenvalue weighted by Gasteiger charge is -2.15. The third-order valence-corrected chi connectivity index (χ3v) is 4.29. The molecule has 3 rings (SSSR count). The van der Waals surface area contributed by atoms with Gasteiger partial charge in [-0.15, -0.1) is 0 Å². The van der Waals surface area contributed by atoms with E-state index in [1.165, 1.54) is 12.8 Å². The maximum Gasteiger partial charge on any atom is 0.220 e. The fourth-order valence-corrected chi connectivity index (χ4v) is 2.95. The molecule has 1 saturated carbocycles. The number of carbonyl (C=O) groups excluding carboxylic acids is 1. The summed E-state index contributed by atoms with van der Waals surface area (Å²) >= 11 is 0. The SMILES string of the molecule is O=C(CCCn1ccnc1)NCc1cccnc1OC1CCCC1. The van der Waals surface area contributed by atoms with Gasteiger partial charge in [-0.25, -0.2) is 9.97 Å². The van der Waals surface area contributed by atoms with Crippen LogP contribution in [0.1, 0.15) is 44.1 Å². The fourth-order valence-electron chi connectivity index (χ4n) is 2.95. The van der Waals surface area contributed by atoms with Gasteiger partial charge >= 0.3 is 0 Å². The Balaban J connectivity index is 1.44. The van der Waals surface area contributed by atoms with Crippen molar-refractivity contribution in [1.82, 2.24) is 19.9 Å². The maximum absolute atomic E-state index is 12.0. The number of hydrogen-bond donors (Lipinski definition) is 1. The summed E-state index contributed by atoms with van der Waals surface area (Å²) in [4.78, 5) is 20.3. The number of carbonyl (C=O) groups is 1. The van der Waals surface area contributed by atoms with Gasteiger partial charge in [-0.1, -0.05) is 6.07 Å². The number of imidazole rings is 1. The van der Waals surface area contributed by atoms with E-state index in [0.29, 0.717) is 18.8 Å². The zero-order valence-electron chi connectivity index (χ0n) is 13.9. The molecule has 1 amide bonds. The summed E-state index contributed by atoms with van der Waals surface area (Å²) in [7, 11) is 0. The Morgan fingerprint density at radius 1 is 1.33 bits per heavy atom. The van der Waals surface area contributed by atoms with Crippen LogP contribution < -0.4 is 10.1 Å². The number of amides is 1. The quantitative estimate of drug-likeness (QED) is 0.809.